The Balaban J connectivity index is 0.00000112. The Labute approximate surface area is 122 Å². The summed E-state index contributed by atoms with van der Waals surface area (Å²) in [4.78, 5) is 0. The van der Waals surface area contributed by atoms with Crippen molar-refractivity contribution in [1.82, 2.24) is 0 Å². The number of halogens is 1. The van der Waals surface area contributed by atoms with E-state index in [1.165, 1.54) is 6.07 Å². The van der Waals surface area contributed by atoms with E-state index in [9.17, 15) is 13.0 Å². The maximum atomic E-state index is 10.7. The zero-order valence-electron chi connectivity index (χ0n) is 7.73. The monoisotopic (exact) mass is 314 g/mol. The topological polar surface area (TPSA) is 57.2 Å². The maximum Gasteiger partial charge on any atom is 1.00 e. The van der Waals surface area contributed by atoms with Gasteiger partial charge in [0, 0.05) is 9.17 Å². The maximum absolute atomic E-state index is 10.7. The Morgan fingerprint density at radius 1 is 1.27 bits per heavy atom. The molecule has 15 heavy (non-hydrogen) atoms. The minimum atomic E-state index is -4.32. The summed E-state index contributed by atoms with van der Waals surface area (Å²) in [7, 11) is -4.32. The zero-order valence-corrected chi connectivity index (χ0v) is 12.9. The smallest absolute Gasteiger partial charge is 0.743 e. The molecule has 0 saturated carbocycles. The molecule has 0 spiro atoms. The fourth-order valence-corrected chi connectivity index (χ4v) is 3.22. The van der Waals surface area contributed by atoms with Crippen LogP contribution in [0.1, 0.15) is 0 Å². The van der Waals surface area contributed by atoms with E-state index in [4.69, 9.17) is 0 Å². The van der Waals surface area contributed by atoms with Gasteiger partial charge in [0.15, 0.2) is 0 Å². The standard InChI is InChI=1S/C8H5BrO3S2.Na/c9-6-1-2-7-5(3-6)4-8(13-7)14(10,11)12;/h1-4H,(H,10,11,12);/q;+1/p-1. The zero-order chi connectivity index (χ0) is 10.3. The van der Waals surface area contributed by atoms with Crippen molar-refractivity contribution in [2.24, 2.45) is 0 Å². The number of hydrogen-bond acceptors (Lipinski definition) is 4. The summed E-state index contributed by atoms with van der Waals surface area (Å²) in [6.45, 7) is 0. The van der Waals surface area contributed by atoms with Crippen LogP contribution in [0.15, 0.2) is 32.9 Å². The largest absolute Gasteiger partial charge is 1.00 e. The van der Waals surface area contributed by atoms with Gasteiger partial charge in [0.25, 0.3) is 0 Å². The number of benzene rings is 1. The van der Waals surface area contributed by atoms with Gasteiger partial charge in [-0.1, -0.05) is 15.9 Å². The Morgan fingerprint density at radius 2 is 1.93 bits per heavy atom. The van der Waals surface area contributed by atoms with Crippen LogP contribution in [0.5, 0.6) is 0 Å². The molecular weight excluding hydrogens is 311 g/mol. The van der Waals surface area contributed by atoms with E-state index >= 15 is 0 Å². The molecule has 1 heterocycles. The molecule has 0 aliphatic rings. The van der Waals surface area contributed by atoms with Crippen LogP contribution in [0.4, 0.5) is 0 Å². The van der Waals surface area contributed by atoms with Gasteiger partial charge in [0.1, 0.15) is 14.3 Å². The van der Waals surface area contributed by atoms with Crippen LogP contribution in [-0.4, -0.2) is 13.0 Å². The first-order valence-electron chi connectivity index (χ1n) is 3.62. The van der Waals surface area contributed by atoms with Crippen LogP contribution in [0.3, 0.4) is 0 Å². The van der Waals surface area contributed by atoms with Crippen LogP contribution in [0.2, 0.25) is 0 Å². The summed E-state index contributed by atoms with van der Waals surface area (Å²) >= 11 is 4.26. The van der Waals surface area contributed by atoms with Gasteiger partial charge < -0.3 is 4.55 Å². The summed E-state index contributed by atoms with van der Waals surface area (Å²) < 4.78 is 33.7. The molecule has 7 heteroatoms. The predicted octanol–water partition coefficient (Wildman–Crippen LogP) is -0.428. The van der Waals surface area contributed by atoms with Crippen molar-refractivity contribution in [1.29, 1.82) is 0 Å². The molecule has 1 aromatic heterocycles. The summed E-state index contributed by atoms with van der Waals surface area (Å²) in [5.41, 5.74) is 0. The Hall–Kier alpha value is 0.570. The van der Waals surface area contributed by atoms with E-state index in [-0.39, 0.29) is 33.8 Å². The van der Waals surface area contributed by atoms with Crippen LogP contribution >= 0.6 is 27.3 Å². The van der Waals surface area contributed by atoms with Gasteiger partial charge in [-0.05, 0) is 29.7 Å². The Kier molecular flexibility index (Phi) is 4.39. The molecule has 0 aliphatic carbocycles. The summed E-state index contributed by atoms with van der Waals surface area (Å²) in [6.07, 6.45) is 0. The molecule has 0 N–H and O–H groups in total. The molecule has 3 nitrogen and oxygen atoms in total. The molecule has 0 aliphatic heterocycles. The molecule has 1 aromatic carbocycles. The van der Waals surface area contributed by atoms with Gasteiger partial charge in [0.05, 0.1) is 0 Å². The van der Waals surface area contributed by atoms with Crippen LogP contribution in [-0.2, 0) is 10.1 Å². The van der Waals surface area contributed by atoms with Gasteiger partial charge in [-0.3, -0.25) is 0 Å². The van der Waals surface area contributed by atoms with E-state index in [0.717, 1.165) is 25.9 Å². The van der Waals surface area contributed by atoms with E-state index in [2.05, 4.69) is 15.9 Å². The quantitative estimate of drug-likeness (QED) is 0.530. The SMILES string of the molecule is O=S(=O)([O-])c1cc2cc(Br)ccc2s1.[Na+]. The van der Waals surface area contributed by atoms with E-state index in [1.807, 2.05) is 0 Å². The van der Waals surface area contributed by atoms with E-state index in [1.54, 1.807) is 18.2 Å². The molecule has 0 amide bonds. The van der Waals surface area contributed by atoms with Crippen molar-refractivity contribution in [3.05, 3.63) is 28.7 Å². The molecule has 0 fully saturated rings. The molecule has 0 bridgehead atoms. The second-order valence-electron chi connectivity index (χ2n) is 2.70. The molecule has 2 rings (SSSR count). The van der Waals surface area contributed by atoms with Crippen molar-refractivity contribution in [2.75, 3.05) is 0 Å². The van der Waals surface area contributed by atoms with Gasteiger partial charge in [-0.25, -0.2) is 8.42 Å². The normalized spacial score (nSPS) is 11.3. The number of thiophene rings is 1. The Morgan fingerprint density at radius 3 is 2.53 bits per heavy atom. The third kappa shape index (κ3) is 3.03. The molecular formula is C8H4BrNaO3S2. The van der Waals surface area contributed by atoms with Crippen LogP contribution in [0.25, 0.3) is 10.1 Å². The summed E-state index contributed by atoms with van der Waals surface area (Å²) in [6, 6.07) is 6.76. The minimum absolute atomic E-state index is 0. The van der Waals surface area contributed by atoms with E-state index < -0.39 is 10.1 Å². The van der Waals surface area contributed by atoms with Crippen molar-refractivity contribution in [2.45, 2.75) is 4.21 Å². The van der Waals surface area contributed by atoms with Gasteiger partial charge in [0.2, 0.25) is 0 Å². The summed E-state index contributed by atoms with van der Waals surface area (Å²) in [5.74, 6) is 0. The van der Waals surface area contributed by atoms with Crippen molar-refractivity contribution in [3.63, 3.8) is 0 Å². The average Bonchev–Trinajstić information content (AvgIpc) is 2.45. The van der Waals surface area contributed by atoms with Crippen molar-refractivity contribution < 1.29 is 42.5 Å². The average molecular weight is 315 g/mol. The first-order valence-corrected chi connectivity index (χ1v) is 6.63. The van der Waals surface area contributed by atoms with Crippen LogP contribution < -0.4 is 29.6 Å². The van der Waals surface area contributed by atoms with Crippen molar-refractivity contribution >= 4 is 47.5 Å². The number of rotatable bonds is 1. The van der Waals surface area contributed by atoms with Crippen LogP contribution in [0, 0.1) is 0 Å². The van der Waals surface area contributed by atoms with Gasteiger partial charge in [-0.2, -0.15) is 0 Å². The molecule has 2 aromatic rings. The molecule has 0 saturated heterocycles. The fourth-order valence-electron chi connectivity index (χ4n) is 1.11. The van der Waals surface area contributed by atoms with Gasteiger partial charge in [-0.15, -0.1) is 11.3 Å². The minimum Gasteiger partial charge on any atom is -0.743 e. The first-order chi connectivity index (χ1) is 6.47. The number of fused-ring (bicyclic) bond motifs is 1. The second-order valence-corrected chi connectivity index (χ2v) is 6.31. The van der Waals surface area contributed by atoms with Gasteiger partial charge >= 0.3 is 29.6 Å². The molecule has 0 atom stereocenters. The molecule has 0 unspecified atom stereocenters. The summed E-state index contributed by atoms with van der Waals surface area (Å²) in [5, 5.41) is 0.763. The third-order valence-corrected chi connectivity index (χ3v) is 4.58. The Bertz CT molecular complexity index is 591. The molecule has 74 valence electrons. The first kappa shape index (κ1) is 13.6. The second kappa shape index (κ2) is 4.83. The number of hydrogen-bond donors (Lipinski definition) is 0. The molecule has 0 radical (unpaired) electrons. The van der Waals surface area contributed by atoms with Crippen molar-refractivity contribution in [3.8, 4) is 0 Å². The van der Waals surface area contributed by atoms with E-state index in [0.29, 0.717) is 0 Å². The predicted molar refractivity (Wildman–Crippen MR) is 57.5 cm³/mol. The fraction of sp³-hybridized carbons (Fsp3) is 0. The third-order valence-electron chi connectivity index (χ3n) is 1.70.